The van der Waals surface area contributed by atoms with Crippen molar-refractivity contribution in [3.8, 4) is 0 Å². The fraction of sp³-hybridized carbons (Fsp3) is 0.312. The summed E-state index contributed by atoms with van der Waals surface area (Å²) in [6.07, 6.45) is 4.14. The molecular weight excluding hydrogens is 238 g/mol. The van der Waals surface area contributed by atoms with Crippen LogP contribution in [0.3, 0.4) is 0 Å². The minimum absolute atomic E-state index is 0.578. The van der Waals surface area contributed by atoms with Gasteiger partial charge in [0.25, 0.3) is 0 Å². The summed E-state index contributed by atoms with van der Waals surface area (Å²) in [6.45, 7) is 4.17. The smallest absolute Gasteiger partial charge is 0.192 e. The van der Waals surface area contributed by atoms with Gasteiger partial charge in [-0.15, -0.1) is 0 Å². The first-order valence-electron chi connectivity index (χ1n) is 6.58. The second-order valence-electron chi connectivity index (χ2n) is 4.89. The molecule has 0 saturated carbocycles. The molecule has 2 aromatic rings. The molecule has 1 aromatic heterocycles. The minimum Gasteiger partial charge on any atom is -0.344 e. The van der Waals surface area contributed by atoms with Crippen LogP contribution in [0.15, 0.2) is 54.9 Å². The van der Waals surface area contributed by atoms with Crippen molar-refractivity contribution in [1.29, 1.82) is 0 Å². The maximum absolute atomic E-state index is 5.65. The predicted octanol–water partition coefficient (Wildman–Crippen LogP) is 2.24. The highest BCUT2D eigenvalue weighted by molar-refractivity contribution is 5.16. The van der Waals surface area contributed by atoms with E-state index in [0.717, 1.165) is 12.1 Å². The second kappa shape index (κ2) is 5.11. The average molecular weight is 256 g/mol. The summed E-state index contributed by atoms with van der Waals surface area (Å²) in [4.78, 5) is 0. The molecule has 19 heavy (non-hydrogen) atoms. The fourth-order valence-electron chi connectivity index (χ4n) is 2.34. The van der Waals surface area contributed by atoms with E-state index >= 15 is 0 Å². The normalized spacial score (nSPS) is 17.5. The topological polar surface area (TPSA) is 22.3 Å². The van der Waals surface area contributed by atoms with Crippen LogP contribution in [0, 0.1) is 0 Å². The Kier molecular flexibility index (Phi) is 3.32. The van der Waals surface area contributed by atoms with Gasteiger partial charge in [-0.3, -0.25) is 0 Å². The van der Waals surface area contributed by atoms with Gasteiger partial charge in [0.2, 0.25) is 0 Å². The summed E-state index contributed by atoms with van der Waals surface area (Å²) < 4.78 is 13.5. The van der Waals surface area contributed by atoms with E-state index in [4.69, 9.17) is 9.47 Å². The molecule has 0 N–H and O–H groups in total. The van der Waals surface area contributed by atoms with Gasteiger partial charge in [0.05, 0.1) is 13.2 Å². The number of hydrogen-bond acceptors (Lipinski definition) is 2. The van der Waals surface area contributed by atoms with Gasteiger partial charge in [0.1, 0.15) is 0 Å². The number of nitrogens with zero attached hydrogens (tertiary/aromatic N) is 1. The molecule has 3 heteroatoms. The molecule has 0 amide bonds. The van der Waals surface area contributed by atoms with Crippen molar-refractivity contribution >= 4 is 0 Å². The molecule has 3 nitrogen and oxygen atoms in total. The maximum Gasteiger partial charge on any atom is 0.192 e. The summed E-state index contributed by atoms with van der Waals surface area (Å²) in [7, 11) is 0. The average Bonchev–Trinajstić information content (AvgIpc) is 2.89. The molecule has 3 rings (SSSR count). The Bertz CT molecular complexity index is 530. The third-order valence-corrected chi connectivity index (χ3v) is 3.46. The third-order valence-electron chi connectivity index (χ3n) is 3.46. The molecule has 0 bridgehead atoms. The van der Waals surface area contributed by atoms with E-state index in [1.807, 2.05) is 13.0 Å². The predicted molar refractivity (Wildman–Crippen MR) is 71.4 cm³/mol. The van der Waals surface area contributed by atoms with Crippen molar-refractivity contribution in [3.05, 3.63) is 66.0 Å². The minimum atomic E-state index is -0.578. The van der Waals surface area contributed by atoms with Crippen molar-refractivity contribution < 1.29 is 14.0 Å². The van der Waals surface area contributed by atoms with Gasteiger partial charge < -0.3 is 9.47 Å². The monoisotopic (exact) mass is 256 g/mol. The van der Waals surface area contributed by atoms with Crippen molar-refractivity contribution in [3.63, 3.8) is 0 Å². The van der Waals surface area contributed by atoms with Crippen LogP contribution in [0.4, 0.5) is 0 Å². The zero-order valence-corrected chi connectivity index (χ0v) is 11.1. The SMILES string of the molecule is CC1(c2cc[n+](Cc3ccccc3)cc2)OCCO1. The van der Waals surface area contributed by atoms with E-state index in [2.05, 4.69) is 53.4 Å². The van der Waals surface area contributed by atoms with Crippen LogP contribution >= 0.6 is 0 Å². The highest BCUT2D eigenvalue weighted by Crippen LogP contribution is 2.29. The number of rotatable bonds is 3. The van der Waals surface area contributed by atoms with Gasteiger partial charge in [0.15, 0.2) is 24.7 Å². The molecular formula is C16H18NO2+. The summed E-state index contributed by atoms with van der Waals surface area (Å²) in [5, 5.41) is 0. The van der Waals surface area contributed by atoms with Gasteiger partial charge in [0, 0.05) is 23.3 Å². The molecule has 0 radical (unpaired) electrons. The van der Waals surface area contributed by atoms with Gasteiger partial charge >= 0.3 is 0 Å². The van der Waals surface area contributed by atoms with Gasteiger partial charge in [-0.2, -0.15) is 0 Å². The van der Waals surface area contributed by atoms with Crippen LogP contribution in [0.5, 0.6) is 0 Å². The summed E-state index contributed by atoms with van der Waals surface area (Å²) >= 11 is 0. The van der Waals surface area contributed by atoms with E-state index < -0.39 is 5.79 Å². The Hall–Kier alpha value is -1.71. The summed E-state index contributed by atoms with van der Waals surface area (Å²) in [6, 6.07) is 14.5. The second-order valence-corrected chi connectivity index (χ2v) is 4.89. The van der Waals surface area contributed by atoms with Crippen LogP contribution in [-0.4, -0.2) is 13.2 Å². The molecule has 0 atom stereocenters. The van der Waals surface area contributed by atoms with Crippen LogP contribution in [0.1, 0.15) is 18.1 Å². The largest absolute Gasteiger partial charge is 0.344 e. The van der Waals surface area contributed by atoms with E-state index in [1.54, 1.807) is 0 Å². The first-order chi connectivity index (χ1) is 9.26. The van der Waals surface area contributed by atoms with Crippen molar-refractivity contribution in [2.45, 2.75) is 19.3 Å². The number of ether oxygens (including phenoxy) is 2. The Morgan fingerprint density at radius 3 is 2.26 bits per heavy atom. The van der Waals surface area contributed by atoms with Crippen molar-refractivity contribution in [1.82, 2.24) is 0 Å². The third kappa shape index (κ3) is 2.67. The molecule has 1 fully saturated rings. The molecule has 98 valence electrons. The van der Waals surface area contributed by atoms with E-state index in [-0.39, 0.29) is 0 Å². The van der Waals surface area contributed by atoms with Crippen LogP contribution in [0.2, 0.25) is 0 Å². The van der Waals surface area contributed by atoms with Crippen LogP contribution in [0.25, 0.3) is 0 Å². The number of aromatic nitrogens is 1. The lowest BCUT2D eigenvalue weighted by atomic mass is 10.1. The highest BCUT2D eigenvalue weighted by atomic mass is 16.7. The lowest BCUT2D eigenvalue weighted by Gasteiger charge is -2.21. The maximum atomic E-state index is 5.65. The van der Waals surface area contributed by atoms with Crippen molar-refractivity contribution in [2.24, 2.45) is 0 Å². The molecule has 0 spiro atoms. The van der Waals surface area contributed by atoms with Gasteiger partial charge in [-0.05, 0) is 6.92 Å². The number of hydrogen-bond donors (Lipinski definition) is 0. The van der Waals surface area contributed by atoms with E-state index in [1.165, 1.54) is 5.56 Å². The first kappa shape index (κ1) is 12.3. The first-order valence-corrected chi connectivity index (χ1v) is 6.58. The molecule has 0 unspecified atom stereocenters. The zero-order chi connectivity index (χ0) is 13.1. The Morgan fingerprint density at radius 2 is 1.63 bits per heavy atom. The standard InChI is InChI=1S/C16H18NO2/c1-16(18-11-12-19-16)15-7-9-17(10-8-15)13-14-5-3-2-4-6-14/h2-10H,11-13H2,1H3/q+1. The Labute approximate surface area is 113 Å². The summed E-state index contributed by atoms with van der Waals surface area (Å²) in [5.74, 6) is -0.578. The molecule has 2 heterocycles. The molecule has 1 aliphatic heterocycles. The molecule has 0 aliphatic carbocycles. The molecule has 1 saturated heterocycles. The number of benzene rings is 1. The zero-order valence-electron chi connectivity index (χ0n) is 11.1. The highest BCUT2D eigenvalue weighted by Gasteiger charge is 2.33. The number of pyridine rings is 1. The lowest BCUT2D eigenvalue weighted by molar-refractivity contribution is -0.688. The van der Waals surface area contributed by atoms with Gasteiger partial charge in [-0.1, -0.05) is 30.3 Å². The molecule has 1 aliphatic rings. The fourth-order valence-corrected chi connectivity index (χ4v) is 2.34. The van der Waals surface area contributed by atoms with Gasteiger partial charge in [-0.25, -0.2) is 4.57 Å². The van der Waals surface area contributed by atoms with E-state index in [9.17, 15) is 0 Å². The quantitative estimate of drug-likeness (QED) is 0.786. The summed E-state index contributed by atoms with van der Waals surface area (Å²) in [5.41, 5.74) is 2.36. The Morgan fingerprint density at radius 1 is 1.00 bits per heavy atom. The van der Waals surface area contributed by atoms with Crippen LogP contribution < -0.4 is 4.57 Å². The van der Waals surface area contributed by atoms with E-state index in [0.29, 0.717) is 13.2 Å². The van der Waals surface area contributed by atoms with Crippen LogP contribution in [-0.2, 0) is 21.8 Å². The Balaban J connectivity index is 1.76. The molecule has 1 aromatic carbocycles. The lowest BCUT2D eigenvalue weighted by Crippen LogP contribution is -2.34. The van der Waals surface area contributed by atoms with Crippen molar-refractivity contribution in [2.75, 3.05) is 13.2 Å².